The van der Waals surface area contributed by atoms with Crippen molar-refractivity contribution < 1.29 is 5.11 Å². The molecule has 5 nitrogen and oxygen atoms in total. The van der Waals surface area contributed by atoms with E-state index in [9.17, 15) is 5.11 Å². The van der Waals surface area contributed by atoms with E-state index in [1.807, 2.05) is 13.0 Å². The van der Waals surface area contributed by atoms with Crippen LogP contribution in [0.5, 0.6) is 0 Å². The van der Waals surface area contributed by atoms with Gasteiger partial charge < -0.3 is 15.3 Å². The molecule has 0 bridgehead atoms. The number of hydrogen-bond donors (Lipinski definition) is 2. The Labute approximate surface area is 157 Å². The lowest BCUT2D eigenvalue weighted by molar-refractivity contribution is 0.249. The molecule has 6 heteroatoms. The third kappa shape index (κ3) is 4.30. The molecule has 1 aromatic heterocycles. The molecule has 0 unspecified atom stereocenters. The summed E-state index contributed by atoms with van der Waals surface area (Å²) in [6.07, 6.45) is 1.01. The van der Waals surface area contributed by atoms with Gasteiger partial charge in [-0.05, 0) is 42.5 Å². The fraction of sp³-hybridized carbons (Fsp3) is 0.474. The van der Waals surface area contributed by atoms with Crippen LogP contribution >= 0.6 is 15.9 Å². The molecule has 0 saturated carbocycles. The summed E-state index contributed by atoms with van der Waals surface area (Å²) in [5.74, 6) is 2.76. The van der Waals surface area contributed by atoms with Crippen LogP contribution in [0.3, 0.4) is 0 Å². The fourth-order valence-corrected chi connectivity index (χ4v) is 3.53. The molecule has 2 heterocycles. The highest BCUT2D eigenvalue weighted by atomic mass is 79.9. The number of fused-ring (bicyclic) bond motifs is 1. The molecule has 2 aromatic rings. The number of halogens is 1. The lowest BCUT2D eigenvalue weighted by Crippen LogP contribution is -2.32. The van der Waals surface area contributed by atoms with E-state index < -0.39 is 0 Å². The van der Waals surface area contributed by atoms with E-state index in [0.29, 0.717) is 5.92 Å². The number of aliphatic hydroxyl groups excluding tert-OH is 1. The van der Waals surface area contributed by atoms with Crippen molar-refractivity contribution in [3.8, 4) is 0 Å². The molecule has 0 aliphatic carbocycles. The number of nitrogens with one attached hydrogen (secondary N) is 1. The van der Waals surface area contributed by atoms with E-state index in [0.717, 1.165) is 41.4 Å². The summed E-state index contributed by atoms with van der Waals surface area (Å²) in [5.41, 5.74) is 2.74. The largest absolute Gasteiger partial charge is 0.394 e. The van der Waals surface area contributed by atoms with Gasteiger partial charge in [-0.1, -0.05) is 35.8 Å². The normalized spacial score (nSPS) is 15.2. The lowest BCUT2D eigenvalue weighted by atomic mass is 10.00. The number of anilines is 2. The molecule has 25 heavy (non-hydrogen) atoms. The van der Waals surface area contributed by atoms with Crippen molar-refractivity contribution in [1.29, 1.82) is 0 Å². The lowest BCUT2D eigenvalue weighted by Gasteiger charge is -2.30. The van der Waals surface area contributed by atoms with Gasteiger partial charge in [0.2, 0.25) is 0 Å². The second-order valence-electron chi connectivity index (χ2n) is 6.92. The smallest absolute Gasteiger partial charge is 0.134 e. The van der Waals surface area contributed by atoms with Gasteiger partial charge in [-0.15, -0.1) is 0 Å². The van der Waals surface area contributed by atoms with Crippen molar-refractivity contribution in [2.75, 3.05) is 23.4 Å². The second kappa shape index (κ2) is 7.70. The Hall–Kier alpha value is -1.66. The molecule has 0 saturated heterocycles. The summed E-state index contributed by atoms with van der Waals surface area (Å²) in [6, 6.07) is 8.46. The van der Waals surface area contributed by atoms with E-state index in [1.165, 1.54) is 11.1 Å². The number of aliphatic hydroxyl groups is 1. The Bertz CT molecular complexity index is 750. The highest BCUT2D eigenvalue weighted by molar-refractivity contribution is 9.10. The summed E-state index contributed by atoms with van der Waals surface area (Å²) in [5, 5.41) is 12.9. The number of nitrogens with zero attached hydrogens (tertiary/aromatic N) is 3. The zero-order chi connectivity index (χ0) is 18.0. The van der Waals surface area contributed by atoms with Gasteiger partial charge in [0.25, 0.3) is 0 Å². The SMILES string of the molecule is Cc1nc(N[C@@H](CO)C(C)C)cc(N2CCc3ccc(Br)cc3C2)n1. The highest BCUT2D eigenvalue weighted by Gasteiger charge is 2.20. The van der Waals surface area contributed by atoms with Crippen molar-refractivity contribution in [2.45, 2.75) is 39.8 Å². The summed E-state index contributed by atoms with van der Waals surface area (Å²) in [7, 11) is 0. The number of hydrogen-bond acceptors (Lipinski definition) is 5. The van der Waals surface area contributed by atoms with Crippen molar-refractivity contribution >= 4 is 27.6 Å². The fourth-order valence-electron chi connectivity index (χ4n) is 3.12. The maximum Gasteiger partial charge on any atom is 0.134 e. The highest BCUT2D eigenvalue weighted by Crippen LogP contribution is 2.27. The van der Waals surface area contributed by atoms with Crippen LogP contribution in [-0.2, 0) is 13.0 Å². The Kier molecular flexibility index (Phi) is 5.59. The molecule has 1 atom stereocenters. The minimum absolute atomic E-state index is 0.0137. The van der Waals surface area contributed by atoms with Crippen molar-refractivity contribution in [3.05, 3.63) is 45.7 Å². The Morgan fingerprint density at radius 3 is 2.76 bits per heavy atom. The van der Waals surface area contributed by atoms with Crippen LogP contribution in [0.25, 0.3) is 0 Å². The molecule has 1 aromatic carbocycles. The van der Waals surface area contributed by atoms with Crippen molar-refractivity contribution in [3.63, 3.8) is 0 Å². The van der Waals surface area contributed by atoms with Gasteiger partial charge in [0.1, 0.15) is 17.5 Å². The van der Waals surface area contributed by atoms with Crippen LogP contribution in [0.4, 0.5) is 11.6 Å². The van der Waals surface area contributed by atoms with E-state index in [2.05, 4.69) is 68.2 Å². The minimum atomic E-state index is -0.0137. The van der Waals surface area contributed by atoms with Gasteiger partial charge in [0, 0.05) is 23.6 Å². The molecule has 2 N–H and O–H groups in total. The molecule has 0 radical (unpaired) electrons. The predicted octanol–water partition coefficient (Wildman–Crippen LogP) is 3.54. The van der Waals surface area contributed by atoms with E-state index in [1.54, 1.807) is 0 Å². The van der Waals surface area contributed by atoms with Gasteiger partial charge >= 0.3 is 0 Å². The van der Waals surface area contributed by atoms with Crippen LogP contribution in [0, 0.1) is 12.8 Å². The Morgan fingerprint density at radius 2 is 2.04 bits per heavy atom. The van der Waals surface area contributed by atoms with Gasteiger partial charge in [0.05, 0.1) is 12.6 Å². The zero-order valence-corrected chi connectivity index (χ0v) is 16.5. The van der Waals surface area contributed by atoms with Gasteiger partial charge in [-0.25, -0.2) is 9.97 Å². The first-order valence-corrected chi connectivity index (χ1v) is 9.51. The van der Waals surface area contributed by atoms with Crippen LogP contribution in [0.1, 0.15) is 30.8 Å². The van der Waals surface area contributed by atoms with Crippen LogP contribution < -0.4 is 10.2 Å². The van der Waals surface area contributed by atoms with E-state index in [4.69, 9.17) is 0 Å². The van der Waals surface area contributed by atoms with E-state index in [-0.39, 0.29) is 12.6 Å². The zero-order valence-electron chi connectivity index (χ0n) is 15.0. The average molecular weight is 405 g/mol. The van der Waals surface area contributed by atoms with Crippen molar-refractivity contribution in [2.24, 2.45) is 5.92 Å². The number of rotatable bonds is 5. The predicted molar refractivity (Wildman–Crippen MR) is 105 cm³/mol. The quantitative estimate of drug-likeness (QED) is 0.797. The van der Waals surface area contributed by atoms with Crippen LogP contribution in [0.15, 0.2) is 28.7 Å². The molecule has 0 spiro atoms. The maximum absolute atomic E-state index is 9.56. The summed E-state index contributed by atoms with van der Waals surface area (Å²) >= 11 is 3.56. The maximum atomic E-state index is 9.56. The summed E-state index contributed by atoms with van der Waals surface area (Å²) in [4.78, 5) is 11.4. The molecular weight excluding hydrogens is 380 g/mol. The molecule has 0 amide bonds. The van der Waals surface area contributed by atoms with Gasteiger partial charge in [-0.3, -0.25) is 0 Å². The topological polar surface area (TPSA) is 61.3 Å². The standard InChI is InChI=1S/C19H25BrN4O/c1-12(2)17(11-25)23-18-9-19(22-13(3)21-18)24-7-6-14-4-5-16(20)8-15(14)10-24/h4-5,8-9,12,17,25H,6-7,10-11H2,1-3H3,(H,21,22,23)/t17-/m0/s1. The first-order chi connectivity index (χ1) is 12.0. The monoisotopic (exact) mass is 404 g/mol. The molecule has 3 rings (SSSR count). The van der Waals surface area contributed by atoms with Crippen LogP contribution in [-0.4, -0.2) is 34.3 Å². The Balaban J connectivity index is 1.83. The van der Waals surface area contributed by atoms with Gasteiger partial charge in [0.15, 0.2) is 0 Å². The Morgan fingerprint density at radius 1 is 1.24 bits per heavy atom. The first kappa shape index (κ1) is 18.1. The van der Waals surface area contributed by atoms with E-state index >= 15 is 0 Å². The second-order valence-corrected chi connectivity index (χ2v) is 7.84. The minimum Gasteiger partial charge on any atom is -0.394 e. The molecule has 0 fully saturated rings. The summed E-state index contributed by atoms with van der Waals surface area (Å²) < 4.78 is 1.11. The molecule has 1 aliphatic rings. The number of benzene rings is 1. The number of aromatic nitrogens is 2. The molecule has 134 valence electrons. The molecular formula is C19H25BrN4O. The number of aryl methyl sites for hydroxylation is 1. The third-order valence-electron chi connectivity index (χ3n) is 4.66. The summed E-state index contributed by atoms with van der Waals surface area (Å²) in [6.45, 7) is 7.95. The third-order valence-corrected chi connectivity index (χ3v) is 5.16. The first-order valence-electron chi connectivity index (χ1n) is 8.71. The molecule has 1 aliphatic heterocycles. The van der Waals surface area contributed by atoms with Crippen LogP contribution in [0.2, 0.25) is 0 Å². The average Bonchev–Trinajstić information content (AvgIpc) is 2.58. The van der Waals surface area contributed by atoms with Crippen molar-refractivity contribution in [1.82, 2.24) is 9.97 Å². The van der Waals surface area contributed by atoms with Gasteiger partial charge in [-0.2, -0.15) is 0 Å².